The highest BCUT2D eigenvalue weighted by Gasteiger charge is 2.09. The van der Waals surface area contributed by atoms with E-state index in [1.54, 1.807) is 0 Å². The van der Waals surface area contributed by atoms with Gasteiger partial charge in [0.2, 0.25) is 0 Å². The minimum Gasteiger partial charge on any atom is -0.461 e. The van der Waals surface area contributed by atoms with Gasteiger partial charge in [-0.1, -0.05) is 30.3 Å². The number of carbonyl (C=O) groups is 1. The molecule has 0 saturated heterocycles. The Morgan fingerprint density at radius 1 is 1.40 bits per heavy atom. The van der Waals surface area contributed by atoms with Crippen LogP contribution < -0.4 is 5.73 Å². The van der Waals surface area contributed by atoms with Crippen LogP contribution in [0.5, 0.6) is 0 Å². The van der Waals surface area contributed by atoms with Crippen LogP contribution in [0.3, 0.4) is 0 Å². The summed E-state index contributed by atoms with van der Waals surface area (Å²) in [7, 11) is 0. The minimum absolute atomic E-state index is 0.0450. The number of ether oxygens (including phenoxy) is 1. The smallest absolute Gasteiger partial charge is 0.307 e. The standard InChI is InChI=1S/C11H15NO3/c12-10(7-13)6-11(14)15-8-9-4-2-1-3-5-9/h1-5,10,13H,6-8,12H2. The van der Waals surface area contributed by atoms with Crippen molar-refractivity contribution in [3.8, 4) is 0 Å². The van der Waals surface area contributed by atoms with E-state index in [0.717, 1.165) is 5.56 Å². The molecular formula is C11H15NO3. The minimum atomic E-state index is -0.534. The molecule has 1 aromatic rings. The lowest BCUT2D eigenvalue weighted by Gasteiger charge is -2.08. The first kappa shape index (κ1) is 11.7. The number of carbonyl (C=O) groups excluding carboxylic acids is 1. The van der Waals surface area contributed by atoms with E-state index in [2.05, 4.69) is 0 Å². The Hall–Kier alpha value is -1.39. The third kappa shape index (κ3) is 4.58. The van der Waals surface area contributed by atoms with Crippen molar-refractivity contribution in [2.45, 2.75) is 19.1 Å². The molecule has 0 aliphatic rings. The van der Waals surface area contributed by atoms with Crippen LogP contribution in [0.4, 0.5) is 0 Å². The molecule has 15 heavy (non-hydrogen) atoms. The van der Waals surface area contributed by atoms with Gasteiger partial charge in [0.25, 0.3) is 0 Å². The largest absolute Gasteiger partial charge is 0.461 e. The number of esters is 1. The number of nitrogens with two attached hydrogens (primary N) is 1. The topological polar surface area (TPSA) is 72.5 Å². The lowest BCUT2D eigenvalue weighted by molar-refractivity contribution is -0.145. The molecule has 0 spiro atoms. The van der Waals surface area contributed by atoms with Gasteiger partial charge in [-0.25, -0.2) is 0 Å². The number of aliphatic hydroxyl groups is 1. The zero-order valence-electron chi connectivity index (χ0n) is 8.43. The first-order valence-corrected chi connectivity index (χ1v) is 4.78. The van der Waals surface area contributed by atoms with Crippen molar-refractivity contribution in [2.75, 3.05) is 6.61 Å². The Morgan fingerprint density at radius 3 is 2.67 bits per heavy atom. The summed E-state index contributed by atoms with van der Waals surface area (Å²) in [6.45, 7) is 0.0399. The van der Waals surface area contributed by atoms with Crippen LogP contribution in [0.15, 0.2) is 30.3 Å². The van der Waals surface area contributed by atoms with E-state index in [0.29, 0.717) is 0 Å². The van der Waals surface area contributed by atoms with Crippen molar-refractivity contribution in [3.63, 3.8) is 0 Å². The molecule has 0 aliphatic heterocycles. The maximum absolute atomic E-state index is 11.2. The summed E-state index contributed by atoms with van der Waals surface area (Å²) in [5, 5.41) is 8.64. The van der Waals surface area contributed by atoms with Crippen LogP contribution in [0.2, 0.25) is 0 Å². The first-order chi connectivity index (χ1) is 7.22. The normalized spacial score (nSPS) is 12.1. The van der Waals surface area contributed by atoms with E-state index in [1.165, 1.54) is 0 Å². The van der Waals surface area contributed by atoms with Crippen LogP contribution in [-0.4, -0.2) is 23.7 Å². The number of hydrogen-bond donors (Lipinski definition) is 2. The van der Waals surface area contributed by atoms with Crippen molar-refractivity contribution in [3.05, 3.63) is 35.9 Å². The summed E-state index contributed by atoms with van der Waals surface area (Å²) in [6, 6.07) is 8.87. The van der Waals surface area contributed by atoms with E-state index in [9.17, 15) is 4.79 Å². The fraction of sp³-hybridized carbons (Fsp3) is 0.364. The molecule has 0 heterocycles. The van der Waals surface area contributed by atoms with Gasteiger partial charge in [0.1, 0.15) is 6.61 Å². The van der Waals surface area contributed by atoms with Gasteiger partial charge >= 0.3 is 5.97 Å². The summed E-state index contributed by atoms with van der Waals surface area (Å²) in [4.78, 5) is 11.2. The molecule has 1 unspecified atom stereocenters. The third-order valence-electron chi connectivity index (χ3n) is 1.91. The van der Waals surface area contributed by atoms with Gasteiger partial charge in [-0.3, -0.25) is 4.79 Å². The lowest BCUT2D eigenvalue weighted by Crippen LogP contribution is -2.28. The molecule has 4 heteroatoms. The Bertz CT molecular complexity index is 300. The zero-order chi connectivity index (χ0) is 11.1. The number of aliphatic hydroxyl groups excluding tert-OH is 1. The van der Waals surface area contributed by atoms with Crippen molar-refractivity contribution in [2.24, 2.45) is 5.73 Å². The van der Waals surface area contributed by atoms with Gasteiger partial charge in [0.05, 0.1) is 13.0 Å². The zero-order valence-corrected chi connectivity index (χ0v) is 8.43. The maximum Gasteiger partial charge on any atom is 0.307 e. The van der Waals surface area contributed by atoms with Gasteiger partial charge in [-0.2, -0.15) is 0 Å². The summed E-state index contributed by atoms with van der Waals surface area (Å²) >= 11 is 0. The van der Waals surface area contributed by atoms with E-state index in [4.69, 9.17) is 15.6 Å². The number of benzene rings is 1. The van der Waals surface area contributed by atoms with Crippen LogP contribution in [0.25, 0.3) is 0 Å². The maximum atomic E-state index is 11.2. The molecule has 0 aliphatic carbocycles. The lowest BCUT2D eigenvalue weighted by atomic mass is 10.2. The second-order valence-corrected chi connectivity index (χ2v) is 3.29. The molecule has 0 amide bonds. The summed E-state index contributed by atoms with van der Waals surface area (Å²) in [6.07, 6.45) is 0.0450. The molecule has 0 saturated carbocycles. The van der Waals surface area contributed by atoms with Gasteiger partial charge in [-0.05, 0) is 5.56 Å². The van der Waals surface area contributed by atoms with Gasteiger partial charge in [0.15, 0.2) is 0 Å². The average molecular weight is 209 g/mol. The summed E-state index contributed by atoms with van der Waals surface area (Å²) in [5.41, 5.74) is 6.33. The molecule has 82 valence electrons. The van der Waals surface area contributed by atoms with Crippen molar-refractivity contribution < 1.29 is 14.6 Å². The first-order valence-electron chi connectivity index (χ1n) is 4.78. The van der Waals surface area contributed by atoms with Crippen molar-refractivity contribution in [1.82, 2.24) is 0 Å². The van der Waals surface area contributed by atoms with E-state index in [-0.39, 0.29) is 25.6 Å². The van der Waals surface area contributed by atoms with Crippen LogP contribution in [0.1, 0.15) is 12.0 Å². The molecule has 0 bridgehead atoms. The molecule has 0 radical (unpaired) electrons. The van der Waals surface area contributed by atoms with E-state index < -0.39 is 6.04 Å². The SMILES string of the molecule is NC(CO)CC(=O)OCc1ccccc1. The fourth-order valence-electron chi connectivity index (χ4n) is 1.08. The van der Waals surface area contributed by atoms with Crippen LogP contribution in [0, 0.1) is 0 Å². The van der Waals surface area contributed by atoms with E-state index >= 15 is 0 Å². The average Bonchev–Trinajstić information content (AvgIpc) is 2.27. The predicted octanol–water partition coefficient (Wildman–Crippen LogP) is 0.439. The van der Waals surface area contributed by atoms with Crippen molar-refractivity contribution in [1.29, 1.82) is 0 Å². The second-order valence-electron chi connectivity index (χ2n) is 3.29. The third-order valence-corrected chi connectivity index (χ3v) is 1.91. The molecule has 0 aromatic heterocycles. The highest BCUT2D eigenvalue weighted by atomic mass is 16.5. The fourth-order valence-corrected chi connectivity index (χ4v) is 1.08. The Kier molecular flexibility index (Phi) is 4.80. The Morgan fingerprint density at radius 2 is 2.07 bits per heavy atom. The molecule has 0 fully saturated rings. The highest BCUT2D eigenvalue weighted by molar-refractivity contribution is 5.70. The quantitative estimate of drug-likeness (QED) is 0.690. The molecule has 1 aromatic carbocycles. The predicted molar refractivity (Wildman–Crippen MR) is 55.9 cm³/mol. The summed E-state index contributed by atoms with van der Waals surface area (Å²) < 4.78 is 4.97. The van der Waals surface area contributed by atoms with Gasteiger partial charge in [0, 0.05) is 6.04 Å². The summed E-state index contributed by atoms with van der Waals surface area (Å²) in [5.74, 6) is -0.389. The molecular weight excluding hydrogens is 194 g/mol. The van der Waals surface area contributed by atoms with Gasteiger partial charge in [-0.15, -0.1) is 0 Å². The second kappa shape index (κ2) is 6.16. The van der Waals surface area contributed by atoms with E-state index in [1.807, 2.05) is 30.3 Å². The Balaban J connectivity index is 2.29. The number of hydrogen-bond acceptors (Lipinski definition) is 4. The number of rotatable bonds is 5. The van der Waals surface area contributed by atoms with Crippen LogP contribution >= 0.6 is 0 Å². The molecule has 1 atom stereocenters. The van der Waals surface area contributed by atoms with Crippen LogP contribution in [-0.2, 0) is 16.1 Å². The van der Waals surface area contributed by atoms with Crippen molar-refractivity contribution >= 4 is 5.97 Å². The monoisotopic (exact) mass is 209 g/mol. The Labute approximate surface area is 88.7 Å². The van der Waals surface area contributed by atoms with Gasteiger partial charge < -0.3 is 15.6 Å². The molecule has 1 rings (SSSR count). The molecule has 3 N–H and O–H groups in total. The molecule has 4 nitrogen and oxygen atoms in total. The highest BCUT2D eigenvalue weighted by Crippen LogP contribution is 2.02.